The summed E-state index contributed by atoms with van der Waals surface area (Å²) >= 11 is 0. The van der Waals surface area contributed by atoms with Crippen molar-refractivity contribution in [3.05, 3.63) is 0 Å². The van der Waals surface area contributed by atoms with Crippen LogP contribution < -0.4 is 0 Å². The molecule has 0 N–H and O–H groups in total. The van der Waals surface area contributed by atoms with Crippen LogP contribution in [-0.2, 0) is 56.9 Å². The standard InChI is InChI=1S/C20H36O12/c1-22-11-10(31-19(29-8)16(26-5)12(11)23-2)9-30-20-17(27-6)14(25-4)13(24-3)15(32-20)18(21)28-7/h10-17,19-20H,9H2,1-8H3/t10?,11?,12?,13-,14-,15+,16?,17-,19?,20+/m0/s1. The SMILES string of the molecule is COC(=O)[C@@H]1O[C@@H](OCC2OC(OC)C(OC)C(OC)C2OC)[C@@H](OC)[C@@H](OC)[C@@H]1OC. The molecule has 0 spiro atoms. The molecule has 0 aromatic rings. The highest BCUT2D eigenvalue weighted by molar-refractivity contribution is 5.75. The number of carbonyl (C=O) groups is 1. The maximum absolute atomic E-state index is 12.3. The van der Waals surface area contributed by atoms with E-state index in [1.54, 1.807) is 21.3 Å². The third-order valence-electron chi connectivity index (χ3n) is 5.81. The molecule has 2 heterocycles. The molecule has 2 aliphatic rings. The molecule has 5 unspecified atom stereocenters. The summed E-state index contributed by atoms with van der Waals surface area (Å²) in [7, 11) is 11.8. The van der Waals surface area contributed by atoms with Gasteiger partial charge < -0.3 is 52.1 Å². The minimum Gasteiger partial charge on any atom is -0.467 e. The van der Waals surface area contributed by atoms with Crippen molar-refractivity contribution in [1.82, 2.24) is 0 Å². The first-order valence-electron chi connectivity index (χ1n) is 10.2. The Bertz CT molecular complexity index is 563. The summed E-state index contributed by atoms with van der Waals surface area (Å²) < 4.78 is 61.4. The van der Waals surface area contributed by atoms with Gasteiger partial charge in [0.2, 0.25) is 0 Å². The average molecular weight is 468 g/mol. The van der Waals surface area contributed by atoms with Crippen LogP contribution in [0.15, 0.2) is 0 Å². The Morgan fingerprint density at radius 2 is 1.09 bits per heavy atom. The molecule has 2 rings (SSSR count). The van der Waals surface area contributed by atoms with Crippen LogP contribution in [0.5, 0.6) is 0 Å². The number of esters is 1. The molecule has 0 radical (unpaired) electrons. The van der Waals surface area contributed by atoms with Crippen LogP contribution in [0.1, 0.15) is 0 Å². The monoisotopic (exact) mass is 468 g/mol. The van der Waals surface area contributed by atoms with Crippen LogP contribution in [0.2, 0.25) is 0 Å². The fourth-order valence-electron chi connectivity index (χ4n) is 4.22. The predicted molar refractivity (Wildman–Crippen MR) is 107 cm³/mol. The van der Waals surface area contributed by atoms with Gasteiger partial charge in [0, 0.05) is 49.8 Å². The van der Waals surface area contributed by atoms with Gasteiger partial charge in [0.15, 0.2) is 18.7 Å². The maximum atomic E-state index is 12.3. The first-order chi connectivity index (χ1) is 15.4. The van der Waals surface area contributed by atoms with Crippen molar-refractivity contribution in [1.29, 1.82) is 0 Å². The molecule has 0 aromatic carbocycles. The smallest absolute Gasteiger partial charge is 0.337 e. The lowest BCUT2D eigenvalue weighted by atomic mass is 9.97. The minimum absolute atomic E-state index is 0.0150. The fraction of sp³-hybridized carbons (Fsp3) is 0.950. The normalized spacial score (nSPS) is 40.2. The van der Waals surface area contributed by atoms with Crippen molar-refractivity contribution < 1.29 is 56.9 Å². The highest BCUT2D eigenvalue weighted by Gasteiger charge is 2.52. The van der Waals surface area contributed by atoms with Crippen molar-refractivity contribution in [2.45, 2.75) is 61.4 Å². The highest BCUT2D eigenvalue weighted by Crippen LogP contribution is 2.31. The summed E-state index contributed by atoms with van der Waals surface area (Å²) in [6.07, 6.45) is -6.98. The van der Waals surface area contributed by atoms with Crippen LogP contribution in [0.25, 0.3) is 0 Å². The summed E-state index contributed by atoms with van der Waals surface area (Å²) in [5.41, 5.74) is 0. The van der Waals surface area contributed by atoms with Gasteiger partial charge in [-0.15, -0.1) is 0 Å². The Hall–Kier alpha value is -0.930. The molecule has 12 heteroatoms. The van der Waals surface area contributed by atoms with E-state index in [-0.39, 0.29) is 6.61 Å². The molecule has 2 aliphatic heterocycles. The minimum atomic E-state index is -1.08. The molecular weight excluding hydrogens is 432 g/mol. The number of rotatable bonds is 11. The van der Waals surface area contributed by atoms with Gasteiger partial charge >= 0.3 is 5.97 Å². The Morgan fingerprint density at radius 1 is 0.594 bits per heavy atom. The summed E-state index contributed by atoms with van der Waals surface area (Å²) in [5.74, 6) is -0.618. The lowest BCUT2D eigenvalue weighted by Gasteiger charge is -2.46. The molecule has 0 saturated carbocycles. The largest absolute Gasteiger partial charge is 0.467 e. The summed E-state index contributed by atoms with van der Waals surface area (Å²) in [5, 5.41) is 0. The Kier molecular flexibility index (Phi) is 11.2. The lowest BCUT2D eigenvalue weighted by Crippen LogP contribution is -2.64. The van der Waals surface area contributed by atoms with E-state index in [1.165, 1.54) is 35.5 Å². The van der Waals surface area contributed by atoms with Gasteiger partial charge in [-0.3, -0.25) is 0 Å². The van der Waals surface area contributed by atoms with Crippen LogP contribution >= 0.6 is 0 Å². The molecular formula is C20H36O12. The topological polar surface area (TPSA) is 119 Å². The van der Waals surface area contributed by atoms with Gasteiger partial charge in [-0.05, 0) is 0 Å². The quantitative estimate of drug-likeness (QED) is 0.359. The first-order valence-corrected chi connectivity index (χ1v) is 10.2. The molecule has 2 fully saturated rings. The van der Waals surface area contributed by atoms with E-state index in [4.69, 9.17) is 52.1 Å². The lowest BCUT2D eigenvalue weighted by molar-refractivity contribution is -0.334. The molecule has 0 amide bonds. The van der Waals surface area contributed by atoms with Crippen molar-refractivity contribution in [2.24, 2.45) is 0 Å². The van der Waals surface area contributed by atoms with Crippen LogP contribution in [0.4, 0.5) is 0 Å². The second-order valence-corrected chi connectivity index (χ2v) is 7.26. The van der Waals surface area contributed by atoms with E-state index in [9.17, 15) is 4.79 Å². The summed E-state index contributed by atoms with van der Waals surface area (Å²) in [6, 6.07) is 0. The summed E-state index contributed by atoms with van der Waals surface area (Å²) in [4.78, 5) is 12.3. The zero-order valence-corrected chi connectivity index (χ0v) is 19.9. The molecule has 2 saturated heterocycles. The molecule has 188 valence electrons. The maximum Gasteiger partial charge on any atom is 0.337 e. The number of methoxy groups -OCH3 is 8. The van der Waals surface area contributed by atoms with Gasteiger partial charge in [-0.25, -0.2) is 4.79 Å². The summed E-state index contributed by atoms with van der Waals surface area (Å²) in [6.45, 7) is 0.0150. The molecule has 10 atom stereocenters. The van der Waals surface area contributed by atoms with Crippen molar-refractivity contribution >= 4 is 5.97 Å². The van der Waals surface area contributed by atoms with E-state index < -0.39 is 67.4 Å². The average Bonchev–Trinajstić information content (AvgIpc) is 2.84. The zero-order valence-electron chi connectivity index (χ0n) is 19.9. The Balaban J connectivity index is 2.20. The van der Waals surface area contributed by atoms with Crippen molar-refractivity contribution in [3.8, 4) is 0 Å². The number of ether oxygens (including phenoxy) is 11. The number of carbonyl (C=O) groups excluding carboxylic acids is 1. The third kappa shape index (κ3) is 5.58. The van der Waals surface area contributed by atoms with Gasteiger partial charge in [0.25, 0.3) is 0 Å². The molecule has 0 bridgehead atoms. The first kappa shape index (κ1) is 27.3. The van der Waals surface area contributed by atoms with Crippen LogP contribution in [-0.4, -0.2) is 131 Å². The Labute approximate surface area is 188 Å². The fourth-order valence-corrected chi connectivity index (χ4v) is 4.22. The van der Waals surface area contributed by atoms with Crippen molar-refractivity contribution in [2.75, 3.05) is 63.5 Å². The van der Waals surface area contributed by atoms with E-state index in [2.05, 4.69) is 0 Å². The van der Waals surface area contributed by atoms with E-state index in [1.807, 2.05) is 0 Å². The van der Waals surface area contributed by atoms with Crippen molar-refractivity contribution in [3.63, 3.8) is 0 Å². The van der Waals surface area contributed by atoms with Crippen LogP contribution in [0.3, 0.4) is 0 Å². The Morgan fingerprint density at radius 3 is 1.56 bits per heavy atom. The highest BCUT2D eigenvalue weighted by atomic mass is 16.7. The molecule has 32 heavy (non-hydrogen) atoms. The van der Waals surface area contributed by atoms with Gasteiger partial charge in [-0.2, -0.15) is 0 Å². The zero-order chi connectivity index (χ0) is 23.8. The third-order valence-corrected chi connectivity index (χ3v) is 5.81. The number of hydrogen-bond acceptors (Lipinski definition) is 12. The van der Waals surface area contributed by atoms with Gasteiger partial charge in [0.1, 0.15) is 42.7 Å². The van der Waals surface area contributed by atoms with E-state index in [0.29, 0.717) is 0 Å². The van der Waals surface area contributed by atoms with Gasteiger partial charge in [0.05, 0.1) is 13.7 Å². The molecule has 0 aliphatic carbocycles. The van der Waals surface area contributed by atoms with Crippen LogP contribution in [0, 0.1) is 0 Å². The molecule has 12 nitrogen and oxygen atoms in total. The second kappa shape index (κ2) is 13.1. The number of hydrogen-bond donors (Lipinski definition) is 0. The van der Waals surface area contributed by atoms with Gasteiger partial charge in [-0.1, -0.05) is 0 Å². The second-order valence-electron chi connectivity index (χ2n) is 7.26. The predicted octanol–water partition coefficient (Wildman–Crippen LogP) is -0.638. The van der Waals surface area contributed by atoms with E-state index in [0.717, 1.165) is 0 Å². The molecule has 0 aromatic heterocycles. The van der Waals surface area contributed by atoms with E-state index >= 15 is 0 Å².